The summed E-state index contributed by atoms with van der Waals surface area (Å²) in [5, 5.41) is 1.19. The van der Waals surface area contributed by atoms with Gasteiger partial charge < -0.3 is 0 Å². The number of rotatable bonds is 3. The number of hydrogen-bond acceptors (Lipinski definition) is 2. The zero-order chi connectivity index (χ0) is 16.5. The van der Waals surface area contributed by atoms with E-state index in [1.165, 1.54) is 23.8 Å². The lowest BCUT2D eigenvalue weighted by atomic mass is 10.0. The van der Waals surface area contributed by atoms with E-state index in [4.69, 9.17) is 0 Å². The van der Waals surface area contributed by atoms with Crippen molar-refractivity contribution in [1.29, 1.82) is 0 Å². The number of fused-ring (bicyclic) bond motifs is 1. The van der Waals surface area contributed by atoms with Crippen LogP contribution in [0.4, 0.5) is 0 Å². The van der Waals surface area contributed by atoms with E-state index in [0.29, 0.717) is 0 Å². The molecule has 2 heterocycles. The molecule has 0 saturated carbocycles. The topological polar surface area (TPSA) is 25.2 Å². The molecule has 3 nitrogen and oxygen atoms in total. The quantitative estimate of drug-likeness (QED) is 0.707. The first-order valence-corrected chi connectivity index (χ1v) is 8.67. The number of hydrogen-bond donors (Lipinski definition) is 0. The van der Waals surface area contributed by atoms with E-state index < -0.39 is 0 Å². The average molecular weight is 318 g/mol. The summed E-state index contributed by atoms with van der Waals surface area (Å²) in [6.07, 6.45) is 2.54. The number of carbonyl (C=O) groups is 1. The van der Waals surface area contributed by atoms with Crippen molar-refractivity contribution < 1.29 is 4.79 Å². The summed E-state index contributed by atoms with van der Waals surface area (Å²) in [5.74, 6) is 0.0673. The van der Waals surface area contributed by atoms with Gasteiger partial charge >= 0.3 is 0 Å². The first kappa shape index (κ1) is 15.2. The second kappa shape index (κ2) is 6.25. The second-order valence-corrected chi connectivity index (χ2v) is 6.55. The van der Waals surface area contributed by atoms with Crippen LogP contribution in [0.1, 0.15) is 30.1 Å². The summed E-state index contributed by atoms with van der Waals surface area (Å²) in [6.45, 7) is 4.85. The molecule has 0 radical (unpaired) electrons. The van der Waals surface area contributed by atoms with E-state index in [0.717, 1.165) is 36.4 Å². The van der Waals surface area contributed by atoms with Crippen molar-refractivity contribution in [3.8, 4) is 11.3 Å². The minimum Gasteiger partial charge on any atom is -0.299 e. The van der Waals surface area contributed by atoms with E-state index in [2.05, 4.69) is 35.2 Å². The van der Waals surface area contributed by atoms with Gasteiger partial charge in [-0.25, -0.2) is 0 Å². The third-order valence-corrected chi connectivity index (χ3v) is 4.92. The van der Waals surface area contributed by atoms with Gasteiger partial charge in [-0.2, -0.15) is 0 Å². The minimum absolute atomic E-state index is 0.0673. The summed E-state index contributed by atoms with van der Waals surface area (Å²) < 4.78 is 1.88. The Hall–Kier alpha value is -2.39. The molecule has 1 aromatic heterocycles. The lowest BCUT2D eigenvalue weighted by Crippen LogP contribution is -2.19. The van der Waals surface area contributed by atoms with Gasteiger partial charge in [-0.05, 0) is 37.6 Å². The van der Waals surface area contributed by atoms with Gasteiger partial charge in [0, 0.05) is 24.4 Å². The van der Waals surface area contributed by atoms with E-state index in [-0.39, 0.29) is 5.91 Å². The van der Waals surface area contributed by atoms with Gasteiger partial charge in [0.05, 0.1) is 11.2 Å². The largest absolute Gasteiger partial charge is 0.299 e. The Labute approximate surface area is 142 Å². The maximum Gasteiger partial charge on any atom is 0.228 e. The molecule has 3 heteroatoms. The minimum atomic E-state index is 0.0673. The van der Waals surface area contributed by atoms with Crippen LogP contribution >= 0.6 is 0 Å². The number of benzene rings is 2. The molecule has 0 spiro atoms. The van der Waals surface area contributed by atoms with Gasteiger partial charge in [0.15, 0.2) is 0 Å². The summed E-state index contributed by atoms with van der Waals surface area (Å²) in [7, 11) is 0. The maximum absolute atomic E-state index is 12.5. The molecule has 0 unspecified atom stereocenters. The van der Waals surface area contributed by atoms with Crippen LogP contribution in [-0.4, -0.2) is 28.5 Å². The van der Waals surface area contributed by atoms with Gasteiger partial charge in [0.25, 0.3) is 0 Å². The number of para-hydroxylation sites is 1. The van der Waals surface area contributed by atoms with Crippen molar-refractivity contribution in [3.05, 3.63) is 60.2 Å². The van der Waals surface area contributed by atoms with Crippen LogP contribution in [0.15, 0.2) is 54.6 Å². The number of nitrogens with zero attached hydrogens (tertiary/aromatic N) is 2. The van der Waals surface area contributed by atoms with Gasteiger partial charge in [-0.3, -0.25) is 14.3 Å². The fraction of sp³-hybridized carbons (Fsp3) is 0.286. The SMILES string of the molecule is CC(=O)n1c(-c2ccccc2)c(CN2CCCC2)c2ccccc21. The van der Waals surface area contributed by atoms with Crippen LogP contribution in [0.2, 0.25) is 0 Å². The normalized spacial score (nSPS) is 15.2. The van der Waals surface area contributed by atoms with Crippen molar-refractivity contribution in [1.82, 2.24) is 9.47 Å². The highest BCUT2D eigenvalue weighted by Crippen LogP contribution is 2.35. The van der Waals surface area contributed by atoms with Crippen molar-refractivity contribution in [2.45, 2.75) is 26.3 Å². The zero-order valence-corrected chi connectivity index (χ0v) is 14.0. The predicted octanol–water partition coefficient (Wildman–Crippen LogP) is 4.56. The van der Waals surface area contributed by atoms with Gasteiger partial charge in [0.1, 0.15) is 0 Å². The first-order chi connectivity index (χ1) is 11.8. The van der Waals surface area contributed by atoms with Crippen LogP contribution in [0, 0.1) is 0 Å². The standard InChI is InChI=1S/C21H22N2O/c1-16(24)23-20-12-6-5-11-18(20)19(15-22-13-7-8-14-22)21(23)17-9-3-2-4-10-17/h2-6,9-12H,7-8,13-15H2,1H3. The number of carbonyl (C=O) groups excluding carboxylic acids is 1. The monoisotopic (exact) mass is 318 g/mol. The highest BCUT2D eigenvalue weighted by Gasteiger charge is 2.23. The molecule has 1 aliphatic rings. The number of likely N-dealkylation sites (tertiary alicyclic amines) is 1. The molecule has 3 aromatic rings. The van der Waals surface area contributed by atoms with E-state index in [9.17, 15) is 4.79 Å². The van der Waals surface area contributed by atoms with Crippen LogP contribution in [0.3, 0.4) is 0 Å². The molecule has 0 aliphatic carbocycles. The molecule has 0 amide bonds. The molecule has 24 heavy (non-hydrogen) atoms. The van der Waals surface area contributed by atoms with Crippen molar-refractivity contribution in [2.75, 3.05) is 13.1 Å². The Morgan fingerprint density at radius 3 is 2.33 bits per heavy atom. The fourth-order valence-corrected chi connectivity index (χ4v) is 3.86. The second-order valence-electron chi connectivity index (χ2n) is 6.55. The van der Waals surface area contributed by atoms with Crippen LogP contribution in [0.25, 0.3) is 22.2 Å². The molecule has 4 rings (SSSR count). The Morgan fingerprint density at radius 2 is 1.62 bits per heavy atom. The number of aromatic nitrogens is 1. The maximum atomic E-state index is 12.5. The lowest BCUT2D eigenvalue weighted by molar-refractivity contribution is 0.0943. The lowest BCUT2D eigenvalue weighted by Gasteiger charge is -2.16. The van der Waals surface area contributed by atoms with Gasteiger partial charge in [0.2, 0.25) is 5.91 Å². The molecule has 1 aliphatic heterocycles. The molecular formula is C21H22N2O. The van der Waals surface area contributed by atoms with Crippen LogP contribution < -0.4 is 0 Å². The Kier molecular flexibility index (Phi) is 3.95. The van der Waals surface area contributed by atoms with Crippen molar-refractivity contribution in [3.63, 3.8) is 0 Å². The molecule has 0 N–H and O–H groups in total. The van der Waals surface area contributed by atoms with Gasteiger partial charge in [-0.15, -0.1) is 0 Å². The summed E-state index contributed by atoms with van der Waals surface area (Å²) in [5.41, 5.74) is 4.45. The summed E-state index contributed by atoms with van der Waals surface area (Å²) in [4.78, 5) is 15.0. The smallest absolute Gasteiger partial charge is 0.228 e. The zero-order valence-electron chi connectivity index (χ0n) is 14.0. The Morgan fingerprint density at radius 1 is 0.958 bits per heavy atom. The van der Waals surface area contributed by atoms with E-state index in [1.807, 2.05) is 28.8 Å². The molecule has 122 valence electrons. The van der Waals surface area contributed by atoms with Crippen molar-refractivity contribution >= 4 is 16.8 Å². The molecule has 0 atom stereocenters. The van der Waals surface area contributed by atoms with Crippen LogP contribution in [0.5, 0.6) is 0 Å². The molecule has 1 fully saturated rings. The average Bonchev–Trinajstić information content (AvgIpc) is 3.22. The first-order valence-electron chi connectivity index (χ1n) is 8.67. The summed E-state index contributed by atoms with van der Waals surface area (Å²) >= 11 is 0. The Balaban J connectivity index is 1.98. The third-order valence-electron chi connectivity index (χ3n) is 4.92. The molecule has 1 saturated heterocycles. The van der Waals surface area contributed by atoms with E-state index >= 15 is 0 Å². The third kappa shape index (κ3) is 2.55. The molecule has 0 bridgehead atoms. The highest BCUT2D eigenvalue weighted by atomic mass is 16.1. The van der Waals surface area contributed by atoms with E-state index in [1.54, 1.807) is 6.92 Å². The summed E-state index contributed by atoms with van der Waals surface area (Å²) in [6, 6.07) is 18.6. The van der Waals surface area contributed by atoms with Crippen LogP contribution in [-0.2, 0) is 6.54 Å². The Bertz CT molecular complexity index is 873. The predicted molar refractivity (Wildman–Crippen MR) is 98.2 cm³/mol. The van der Waals surface area contributed by atoms with Gasteiger partial charge in [-0.1, -0.05) is 48.5 Å². The highest BCUT2D eigenvalue weighted by molar-refractivity contribution is 6.00. The molecular weight excluding hydrogens is 296 g/mol. The molecule has 2 aromatic carbocycles. The van der Waals surface area contributed by atoms with Crippen molar-refractivity contribution in [2.24, 2.45) is 0 Å². The fourth-order valence-electron chi connectivity index (χ4n) is 3.86.